The predicted molar refractivity (Wildman–Crippen MR) is 60.8 cm³/mol. The van der Waals surface area contributed by atoms with Crippen molar-refractivity contribution in [3.05, 3.63) is 34.1 Å². The Balaban J connectivity index is 2.70. The van der Waals surface area contributed by atoms with E-state index in [4.69, 9.17) is 0 Å². The van der Waals surface area contributed by atoms with Crippen molar-refractivity contribution in [1.29, 1.82) is 0 Å². The molecule has 0 aliphatic heterocycles. The van der Waals surface area contributed by atoms with Gasteiger partial charge in [-0.25, -0.2) is 4.39 Å². The highest BCUT2D eigenvalue weighted by Gasteiger charge is 2.06. The molecule has 1 unspecified atom stereocenters. The lowest BCUT2D eigenvalue weighted by Crippen LogP contribution is -2.19. The van der Waals surface area contributed by atoms with E-state index in [-0.39, 0.29) is 11.9 Å². The van der Waals surface area contributed by atoms with E-state index in [1.54, 1.807) is 12.1 Å². The number of rotatable bonds is 4. The lowest BCUT2D eigenvalue weighted by Gasteiger charge is -2.13. The first kappa shape index (κ1) is 11.7. The van der Waals surface area contributed by atoms with E-state index in [1.807, 2.05) is 13.0 Å². The third kappa shape index (κ3) is 3.07. The number of hydrogen-bond donors (Lipinski definition) is 1. The molecule has 0 radical (unpaired) electrons. The Bertz CT molecular complexity index is 301. The van der Waals surface area contributed by atoms with Crippen LogP contribution in [0, 0.1) is 5.82 Å². The highest BCUT2D eigenvalue weighted by atomic mass is 79.9. The van der Waals surface area contributed by atoms with Crippen LogP contribution in [0.5, 0.6) is 0 Å². The van der Waals surface area contributed by atoms with Gasteiger partial charge in [0, 0.05) is 6.04 Å². The molecule has 1 aromatic carbocycles. The third-order valence-electron chi connectivity index (χ3n) is 2.14. The van der Waals surface area contributed by atoms with Gasteiger partial charge in [0.2, 0.25) is 0 Å². The Morgan fingerprint density at radius 1 is 1.50 bits per heavy atom. The number of nitrogens with one attached hydrogen (secondary N) is 1. The Kier molecular flexibility index (Phi) is 4.55. The molecule has 0 bridgehead atoms. The topological polar surface area (TPSA) is 12.0 Å². The van der Waals surface area contributed by atoms with E-state index in [1.165, 1.54) is 0 Å². The number of benzene rings is 1. The monoisotopic (exact) mass is 259 g/mol. The zero-order chi connectivity index (χ0) is 10.6. The maximum Gasteiger partial charge on any atom is 0.137 e. The van der Waals surface area contributed by atoms with E-state index in [0.717, 1.165) is 18.5 Å². The van der Waals surface area contributed by atoms with Crippen molar-refractivity contribution in [2.24, 2.45) is 0 Å². The summed E-state index contributed by atoms with van der Waals surface area (Å²) in [6.45, 7) is 5.11. The summed E-state index contributed by atoms with van der Waals surface area (Å²) >= 11 is 3.14. The molecule has 0 heterocycles. The van der Waals surface area contributed by atoms with E-state index in [2.05, 4.69) is 28.2 Å². The molecular formula is C11H15BrFN. The molecule has 1 rings (SSSR count). The maximum absolute atomic E-state index is 13.2. The first-order valence-electron chi connectivity index (χ1n) is 4.83. The fourth-order valence-electron chi connectivity index (χ4n) is 1.26. The van der Waals surface area contributed by atoms with Crippen LogP contribution in [0.15, 0.2) is 22.7 Å². The van der Waals surface area contributed by atoms with Gasteiger partial charge in [-0.3, -0.25) is 0 Å². The van der Waals surface area contributed by atoms with Gasteiger partial charge in [-0.15, -0.1) is 0 Å². The molecule has 0 aromatic heterocycles. The second-order valence-electron chi connectivity index (χ2n) is 3.35. The summed E-state index contributed by atoms with van der Waals surface area (Å²) in [4.78, 5) is 0. The molecule has 0 saturated heterocycles. The van der Waals surface area contributed by atoms with Crippen LogP contribution in [0.2, 0.25) is 0 Å². The molecule has 0 amide bonds. The van der Waals surface area contributed by atoms with Crippen LogP contribution in [-0.4, -0.2) is 6.54 Å². The van der Waals surface area contributed by atoms with Crippen molar-refractivity contribution in [1.82, 2.24) is 5.32 Å². The lowest BCUT2D eigenvalue weighted by atomic mass is 10.1. The average Bonchev–Trinajstić information content (AvgIpc) is 2.18. The summed E-state index contributed by atoms with van der Waals surface area (Å²) in [5.41, 5.74) is 0.985. The largest absolute Gasteiger partial charge is 0.310 e. The third-order valence-corrected chi connectivity index (χ3v) is 2.79. The zero-order valence-corrected chi connectivity index (χ0v) is 10.1. The molecule has 1 atom stereocenters. The van der Waals surface area contributed by atoms with Gasteiger partial charge in [-0.1, -0.05) is 13.0 Å². The molecule has 1 nitrogen and oxygen atoms in total. The molecule has 14 heavy (non-hydrogen) atoms. The summed E-state index contributed by atoms with van der Waals surface area (Å²) in [5.74, 6) is -0.201. The van der Waals surface area contributed by atoms with Crippen LogP contribution in [0.25, 0.3) is 0 Å². The van der Waals surface area contributed by atoms with Crippen molar-refractivity contribution in [2.75, 3.05) is 6.54 Å². The van der Waals surface area contributed by atoms with Crippen LogP contribution >= 0.6 is 15.9 Å². The van der Waals surface area contributed by atoms with Gasteiger partial charge in [0.15, 0.2) is 0 Å². The van der Waals surface area contributed by atoms with Crippen LogP contribution in [0.1, 0.15) is 31.9 Å². The molecule has 78 valence electrons. The standard InChI is InChI=1S/C11H15BrFN/c1-3-6-14-8(2)9-4-5-10(12)11(13)7-9/h4-5,7-8,14H,3,6H2,1-2H3. The highest BCUT2D eigenvalue weighted by molar-refractivity contribution is 9.10. The molecule has 0 fully saturated rings. The van der Waals surface area contributed by atoms with Gasteiger partial charge in [0.25, 0.3) is 0 Å². The SMILES string of the molecule is CCCNC(C)c1ccc(Br)c(F)c1. The quantitative estimate of drug-likeness (QED) is 0.871. The average molecular weight is 260 g/mol. The zero-order valence-electron chi connectivity index (χ0n) is 8.48. The molecule has 0 spiro atoms. The van der Waals surface area contributed by atoms with Crippen LogP contribution in [0.4, 0.5) is 4.39 Å². The van der Waals surface area contributed by atoms with E-state index in [9.17, 15) is 4.39 Å². The molecule has 0 aliphatic rings. The van der Waals surface area contributed by atoms with Crippen molar-refractivity contribution in [2.45, 2.75) is 26.3 Å². The molecule has 0 aliphatic carbocycles. The fourth-order valence-corrected chi connectivity index (χ4v) is 1.51. The van der Waals surface area contributed by atoms with Crippen molar-refractivity contribution in [3.63, 3.8) is 0 Å². The van der Waals surface area contributed by atoms with Crippen LogP contribution in [-0.2, 0) is 0 Å². The number of hydrogen-bond acceptors (Lipinski definition) is 1. The summed E-state index contributed by atoms with van der Waals surface area (Å²) in [5, 5.41) is 3.31. The molecule has 1 aromatic rings. The molecule has 0 saturated carbocycles. The summed E-state index contributed by atoms with van der Waals surface area (Å²) in [7, 11) is 0. The Labute approximate surface area is 92.8 Å². The Morgan fingerprint density at radius 2 is 2.21 bits per heavy atom. The van der Waals surface area contributed by atoms with Crippen LogP contribution in [0.3, 0.4) is 0 Å². The van der Waals surface area contributed by atoms with Gasteiger partial charge in [-0.2, -0.15) is 0 Å². The summed E-state index contributed by atoms with van der Waals surface area (Å²) in [6, 6.07) is 5.45. The van der Waals surface area contributed by atoms with E-state index in [0.29, 0.717) is 4.47 Å². The van der Waals surface area contributed by atoms with E-state index >= 15 is 0 Å². The molecule has 3 heteroatoms. The normalized spacial score (nSPS) is 12.9. The minimum atomic E-state index is -0.201. The predicted octanol–water partition coefficient (Wildman–Crippen LogP) is 3.65. The first-order valence-corrected chi connectivity index (χ1v) is 5.62. The van der Waals surface area contributed by atoms with Gasteiger partial charge >= 0.3 is 0 Å². The number of halogens is 2. The minimum Gasteiger partial charge on any atom is -0.310 e. The summed E-state index contributed by atoms with van der Waals surface area (Å²) < 4.78 is 13.7. The smallest absolute Gasteiger partial charge is 0.137 e. The van der Waals surface area contributed by atoms with Crippen molar-refractivity contribution in [3.8, 4) is 0 Å². The summed E-state index contributed by atoms with van der Waals surface area (Å²) in [6.07, 6.45) is 1.09. The van der Waals surface area contributed by atoms with Crippen LogP contribution < -0.4 is 5.32 Å². The second kappa shape index (κ2) is 5.47. The molecule has 1 N–H and O–H groups in total. The highest BCUT2D eigenvalue weighted by Crippen LogP contribution is 2.20. The van der Waals surface area contributed by atoms with Gasteiger partial charge < -0.3 is 5.32 Å². The Morgan fingerprint density at radius 3 is 2.79 bits per heavy atom. The lowest BCUT2D eigenvalue weighted by molar-refractivity contribution is 0.561. The van der Waals surface area contributed by atoms with E-state index < -0.39 is 0 Å². The minimum absolute atomic E-state index is 0.201. The first-order chi connectivity index (χ1) is 6.65. The van der Waals surface area contributed by atoms with Crippen molar-refractivity contribution >= 4 is 15.9 Å². The Hall–Kier alpha value is -0.410. The van der Waals surface area contributed by atoms with Gasteiger partial charge in [-0.05, 0) is 53.5 Å². The fraction of sp³-hybridized carbons (Fsp3) is 0.455. The van der Waals surface area contributed by atoms with Gasteiger partial charge in [0.05, 0.1) is 4.47 Å². The second-order valence-corrected chi connectivity index (χ2v) is 4.20. The van der Waals surface area contributed by atoms with Gasteiger partial charge in [0.1, 0.15) is 5.82 Å². The van der Waals surface area contributed by atoms with Crippen molar-refractivity contribution < 1.29 is 4.39 Å². The molecular weight excluding hydrogens is 245 g/mol. The maximum atomic E-state index is 13.2.